The summed E-state index contributed by atoms with van der Waals surface area (Å²) in [4.78, 5) is 36.2. The van der Waals surface area contributed by atoms with Crippen LogP contribution in [0.4, 0.5) is 0 Å². The zero-order valence-electron chi connectivity index (χ0n) is 29.8. The summed E-state index contributed by atoms with van der Waals surface area (Å²) in [5.74, 6) is 1.17. The van der Waals surface area contributed by atoms with Crippen LogP contribution in [0.3, 0.4) is 0 Å². The Kier molecular flexibility index (Phi) is 22.5. The predicted molar refractivity (Wildman–Crippen MR) is 192 cm³/mol. The lowest BCUT2D eigenvalue weighted by atomic mass is 10.1. The van der Waals surface area contributed by atoms with E-state index in [1.54, 1.807) is 6.92 Å². The van der Waals surface area contributed by atoms with Crippen LogP contribution in [-0.2, 0) is 23.1 Å². The molecule has 3 unspecified atom stereocenters. The van der Waals surface area contributed by atoms with Crippen LogP contribution in [0.15, 0.2) is 15.8 Å². The van der Waals surface area contributed by atoms with Gasteiger partial charge in [0.25, 0.3) is 5.56 Å². The molecule has 0 spiro atoms. The van der Waals surface area contributed by atoms with Crippen molar-refractivity contribution in [1.82, 2.24) is 9.55 Å². The molecule has 1 aliphatic heterocycles. The van der Waals surface area contributed by atoms with Gasteiger partial charge < -0.3 is 14.4 Å². The summed E-state index contributed by atoms with van der Waals surface area (Å²) in [7, 11) is -4.26. The number of aryl methyl sites for hydroxylation is 1. The van der Waals surface area contributed by atoms with Gasteiger partial charge in [0.2, 0.25) is 0 Å². The summed E-state index contributed by atoms with van der Waals surface area (Å²) >= 11 is 2.05. The van der Waals surface area contributed by atoms with Crippen LogP contribution >= 0.6 is 19.6 Å². The zero-order chi connectivity index (χ0) is 34.3. The number of hydrogen-bond acceptors (Lipinski definition) is 8. The fourth-order valence-corrected chi connectivity index (χ4v) is 8.02. The van der Waals surface area contributed by atoms with Crippen LogP contribution in [0.25, 0.3) is 0 Å². The average molecular weight is 705 g/mol. The van der Waals surface area contributed by atoms with Gasteiger partial charge in [0.05, 0.1) is 25.4 Å². The van der Waals surface area contributed by atoms with Crippen LogP contribution in [0.2, 0.25) is 0 Å². The molecule has 2 rings (SSSR count). The number of hydrogen-bond donors (Lipinski definition) is 2. The number of H-pyrrole nitrogens is 1. The molecule has 5 atom stereocenters. The van der Waals surface area contributed by atoms with Crippen molar-refractivity contribution in [3.05, 3.63) is 32.6 Å². The first-order valence-electron chi connectivity index (χ1n) is 18.5. The second kappa shape index (κ2) is 25.1. The summed E-state index contributed by atoms with van der Waals surface area (Å²) in [5, 5.41) is 0.453. The molecule has 0 aliphatic carbocycles. The quantitative estimate of drug-likeness (QED) is 0.0621. The number of ether oxygens (including phenoxy) is 2. The molecule has 274 valence electrons. The van der Waals surface area contributed by atoms with E-state index >= 15 is 0 Å². The third kappa shape index (κ3) is 18.6. The Morgan fingerprint density at radius 1 is 0.915 bits per heavy atom. The molecule has 1 aromatic rings. The molecule has 0 radical (unpaired) electrons. The highest BCUT2D eigenvalue weighted by Gasteiger charge is 2.31. The van der Waals surface area contributed by atoms with Crippen LogP contribution in [-0.4, -0.2) is 57.5 Å². The highest BCUT2D eigenvalue weighted by molar-refractivity contribution is 7.99. The van der Waals surface area contributed by atoms with Crippen molar-refractivity contribution >= 4 is 19.6 Å². The van der Waals surface area contributed by atoms with Crippen LogP contribution in [0.5, 0.6) is 0 Å². The van der Waals surface area contributed by atoms with Gasteiger partial charge in [-0.05, 0) is 51.7 Å². The lowest BCUT2D eigenvalue weighted by Crippen LogP contribution is -2.33. The van der Waals surface area contributed by atoms with Gasteiger partial charge >= 0.3 is 13.5 Å². The fraction of sp³-hybridized carbons (Fsp3) is 0.886. The smallest absolute Gasteiger partial charge is 0.377 e. The molecule has 0 saturated carbocycles. The lowest BCUT2D eigenvalue weighted by Gasteiger charge is -2.24. The van der Waals surface area contributed by atoms with E-state index in [1.165, 1.54) is 113 Å². The molecule has 0 amide bonds. The maximum Gasteiger partial charge on any atom is 0.472 e. The van der Waals surface area contributed by atoms with Gasteiger partial charge in [-0.15, -0.1) is 0 Å². The van der Waals surface area contributed by atoms with Crippen molar-refractivity contribution in [3.8, 4) is 0 Å². The van der Waals surface area contributed by atoms with Crippen molar-refractivity contribution in [2.75, 3.05) is 25.6 Å². The minimum absolute atomic E-state index is 0.0497. The second-order valence-corrected chi connectivity index (χ2v) is 15.9. The Labute approximate surface area is 288 Å². The Bertz CT molecular complexity index is 1120. The summed E-state index contributed by atoms with van der Waals surface area (Å²) in [6.45, 7) is 8.65. The zero-order valence-corrected chi connectivity index (χ0v) is 31.5. The van der Waals surface area contributed by atoms with E-state index in [0.29, 0.717) is 36.7 Å². The standard InChI is InChI=1S/C35H65N2O8PS/c1-5-7-9-11-12-13-14-15-17-19-26-47-32(21-18-16-10-8-6-2)30(4)42-24-20-25-43-46(40,41)44-28-31-22-23-33(45-31)37-27-29(3)34(38)36-35(37)39/h27,30-33H,5-26,28H2,1-4H3,(H,40,41)(H,36,38,39)/t30?,31-,32?,33+/m0/s1. The number of aromatic nitrogens is 2. The molecule has 47 heavy (non-hydrogen) atoms. The summed E-state index contributed by atoms with van der Waals surface area (Å²) < 4.78 is 36.2. The topological polar surface area (TPSA) is 129 Å². The number of aromatic amines is 1. The lowest BCUT2D eigenvalue weighted by molar-refractivity contribution is -0.0265. The monoisotopic (exact) mass is 704 g/mol. The molecule has 0 bridgehead atoms. The van der Waals surface area contributed by atoms with Gasteiger partial charge in [-0.1, -0.05) is 104 Å². The molecule has 2 heterocycles. The van der Waals surface area contributed by atoms with E-state index in [-0.39, 0.29) is 19.3 Å². The van der Waals surface area contributed by atoms with E-state index in [0.717, 1.165) is 6.42 Å². The summed E-state index contributed by atoms with van der Waals surface area (Å²) in [6.07, 6.45) is 23.1. The van der Waals surface area contributed by atoms with E-state index in [9.17, 15) is 19.0 Å². The SMILES string of the molecule is CCCCCCCCCCCCSC(CCCCCCC)C(C)OCCCOP(=O)(O)OC[C@@H]1CC[C@H](n2cc(C)c(=O)[nH]c2=O)O1. The maximum atomic E-state index is 12.5. The second-order valence-electron chi connectivity index (χ2n) is 13.1. The molecule has 1 aliphatic rings. The maximum absolute atomic E-state index is 12.5. The van der Waals surface area contributed by atoms with Crippen molar-refractivity contribution in [1.29, 1.82) is 0 Å². The summed E-state index contributed by atoms with van der Waals surface area (Å²) in [5.41, 5.74) is -0.579. The highest BCUT2D eigenvalue weighted by Crippen LogP contribution is 2.44. The number of nitrogens with zero attached hydrogens (tertiary/aromatic N) is 1. The molecule has 2 N–H and O–H groups in total. The first-order valence-corrected chi connectivity index (χ1v) is 21.0. The van der Waals surface area contributed by atoms with Gasteiger partial charge in [0.1, 0.15) is 6.23 Å². The number of nitrogens with one attached hydrogen (secondary N) is 1. The Morgan fingerprint density at radius 3 is 2.19 bits per heavy atom. The average Bonchev–Trinajstić information content (AvgIpc) is 3.52. The Hall–Kier alpha value is -0.940. The molecule has 0 aromatic carbocycles. The van der Waals surface area contributed by atoms with Gasteiger partial charge in [-0.2, -0.15) is 11.8 Å². The van der Waals surface area contributed by atoms with Gasteiger partial charge in [-0.25, -0.2) is 9.36 Å². The van der Waals surface area contributed by atoms with Crippen LogP contribution in [0, 0.1) is 6.92 Å². The third-order valence-corrected chi connectivity index (χ3v) is 11.4. The molecule has 1 saturated heterocycles. The van der Waals surface area contributed by atoms with Crippen molar-refractivity contribution in [2.45, 2.75) is 173 Å². The molecule has 1 aromatic heterocycles. The van der Waals surface area contributed by atoms with Gasteiger partial charge in [-0.3, -0.25) is 23.4 Å². The van der Waals surface area contributed by atoms with Crippen LogP contribution in [0.1, 0.15) is 155 Å². The highest BCUT2D eigenvalue weighted by atomic mass is 32.2. The van der Waals surface area contributed by atoms with E-state index < -0.39 is 31.4 Å². The molecule has 1 fully saturated rings. The fourth-order valence-electron chi connectivity index (χ4n) is 5.87. The van der Waals surface area contributed by atoms with E-state index in [4.69, 9.17) is 18.5 Å². The molecule has 12 heteroatoms. The van der Waals surface area contributed by atoms with Crippen molar-refractivity contribution in [2.24, 2.45) is 0 Å². The number of thioether (sulfide) groups is 1. The molecule has 10 nitrogen and oxygen atoms in total. The normalized spacial score (nSPS) is 19.2. The van der Waals surface area contributed by atoms with E-state index in [2.05, 4.69) is 37.5 Å². The molecular weight excluding hydrogens is 639 g/mol. The largest absolute Gasteiger partial charge is 0.472 e. The van der Waals surface area contributed by atoms with Crippen molar-refractivity contribution in [3.63, 3.8) is 0 Å². The number of rotatable bonds is 29. The molecular formula is C35H65N2O8PS. The predicted octanol–water partition coefficient (Wildman–Crippen LogP) is 8.83. The number of phosphoric ester groups is 1. The number of unbranched alkanes of at least 4 members (excludes halogenated alkanes) is 13. The van der Waals surface area contributed by atoms with Crippen molar-refractivity contribution < 1.29 is 28.0 Å². The Balaban J connectivity index is 1.63. The van der Waals surface area contributed by atoms with E-state index in [1.807, 2.05) is 0 Å². The Morgan fingerprint density at radius 2 is 1.53 bits per heavy atom. The van der Waals surface area contributed by atoms with Gasteiger partial charge in [0.15, 0.2) is 0 Å². The number of phosphoric acid groups is 1. The summed E-state index contributed by atoms with van der Waals surface area (Å²) in [6, 6.07) is 0. The first kappa shape index (κ1) is 42.2. The minimum Gasteiger partial charge on any atom is -0.377 e. The first-order chi connectivity index (χ1) is 22.7. The minimum atomic E-state index is -4.26. The third-order valence-electron chi connectivity index (χ3n) is 8.83. The van der Waals surface area contributed by atoms with Gasteiger partial charge in [0, 0.05) is 23.6 Å². The van der Waals surface area contributed by atoms with Crippen LogP contribution < -0.4 is 11.2 Å².